The number of aromatic nitrogens is 2. The SMILES string of the molecule is CC(C)(C)c1c[nH]c2nccc(O)c12. The Morgan fingerprint density at radius 3 is 2.71 bits per heavy atom. The zero-order valence-electron chi connectivity index (χ0n) is 8.63. The van der Waals surface area contributed by atoms with Crippen molar-refractivity contribution in [1.29, 1.82) is 0 Å². The van der Waals surface area contributed by atoms with Crippen LogP contribution in [0.5, 0.6) is 5.75 Å². The first-order valence-electron chi connectivity index (χ1n) is 4.65. The van der Waals surface area contributed by atoms with Crippen LogP contribution < -0.4 is 0 Å². The fraction of sp³-hybridized carbons (Fsp3) is 0.364. The molecule has 0 saturated carbocycles. The largest absolute Gasteiger partial charge is 0.507 e. The zero-order valence-corrected chi connectivity index (χ0v) is 8.63. The van der Waals surface area contributed by atoms with E-state index in [2.05, 4.69) is 30.7 Å². The van der Waals surface area contributed by atoms with E-state index >= 15 is 0 Å². The van der Waals surface area contributed by atoms with Gasteiger partial charge in [-0.3, -0.25) is 0 Å². The maximum atomic E-state index is 9.74. The molecule has 2 aromatic heterocycles. The molecular weight excluding hydrogens is 176 g/mol. The predicted octanol–water partition coefficient (Wildman–Crippen LogP) is 2.57. The quantitative estimate of drug-likeness (QED) is 0.670. The Balaban J connectivity index is 2.80. The Morgan fingerprint density at radius 2 is 2.07 bits per heavy atom. The van der Waals surface area contributed by atoms with Crippen LogP contribution in [0.3, 0.4) is 0 Å². The lowest BCUT2D eigenvalue weighted by Gasteiger charge is -2.17. The standard InChI is InChI=1S/C11H14N2O/c1-11(2,3)7-6-13-10-9(7)8(14)4-5-12-10/h4-6H,1-3H3,(H2,12,13,14). The second-order valence-electron chi connectivity index (χ2n) is 4.51. The van der Waals surface area contributed by atoms with Gasteiger partial charge in [-0.25, -0.2) is 4.98 Å². The minimum Gasteiger partial charge on any atom is -0.507 e. The Labute approximate surface area is 82.8 Å². The number of pyridine rings is 1. The van der Waals surface area contributed by atoms with Gasteiger partial charge in [0.2, 0.25) is 0 Å². The number of nitrogens with one attached hydrogen (secondary N) is 1. The summed E-state index contributed by atoms with van der Waals surface area (Å²) in [6.07, 6.45) is 3.51. The third-order valence-electron chi connectivity index (χ3n) is 2.36. The minimum atomic E-state index is 0.0127. The highest BCUT2D eigenvalue weighted by Crippen LogP contribution is 2.33. The van der Waals surface area contributed by atoms with Crippen LogP contribution in [0.15, 0.2) is 18.5 Å². The molecule has 2 rings (SSSR count). The molecule has 3 nitrogen and oxygen atoms in total. The molecule has 0 bridgehead atoms. The van der Waals surface area contributed by atoms with Crippen molar-refractivity contribution in [1.82, 2.24) is 9.97 Å². The van der Waals surface area contributed by atoms with E-state index in [1.165, 1.54) is 0 Å². The summed E-state index contributed by atoms with van der Waals surface area (Å²) in [4.78, 5) is 7.23. The normalized spacial score (nSPS) is 12.2. The molecule has 2 heterocycles. The van der Waals surface area contributed by atoms with Crippen LogP contribution >= 0.6 is 0 Å². The number of aromatic hydroxyl groups is 1. The molecule has 0 amide bonds. The molecule has 0 aliphatic carbocycles. The second kappa shape index (κ2) is 2.74. The highest BCUT2D eigenvalue weighted by atomic mass is 16.3. The average Bonchev–Trinajstić information content (AvgIpc) is 2.47. The van der Waals surface area contributed by atoms with E-state index in [1.807, 2.05) is 6.20 Å². The molecule has 0 aliphatic heterocycles. The summed E-state index contributed by atoms with van der Waals surface area (Å²) in [5.41, 5.74) is 1.85. The van der Waals surface area contributed by atoms with Crippen LogP contribution in [0.25, 0.3) is 11.0 Å². The van der Waals surface area contributed by atoms with Gasteiger partial charge in [0.05, 0.1) is 5.39 Å². The second-order valence-corrected chi connectivity index (χ2v) is 4.51. The average molecular weight is 190 g/mol. The van der Waals surface area contributed by atoms with Gasteiger partial charge in [0, 0.05) is 12.4 Å². The van der Waals surface area contributed by atoms with Crippen LogP contribution in [0.2, 0.25) is 0 Å². The van der Waals surface area contributed by atoms with Crippen molar-refractivity contribution in [2.24, 2.45) is 0 Å². The Hall–Kier alpha value is -1.51. The van der Waals surface area contributed by atoms with Gasteiger partial charge in [-0.1, -0.05) is 20.8 Å². The Bertz CT molecular complexity index is 466. The molecule has 0 aliphatic rings. The number of fused-ring (bicyclic) bond motifs is 1. The first-order valence-corrected chi connectivity index (χ1v) is 4.65. The van der Waals surface area contributed by atoms with E-state index in [1.54, 1.807) is 12.3 Å². The summed E-state index contributed by atoms with van der Waals surface area (Å²) in [6, 6.07) is 1.62. The predicted molar refractivity (Wildman–Crippen MR) is 56.5 cm³/mol. The summed E-state index contributed by atoms with van der Waals surface area (Å²) in [7, 11) is 0. The van der Waals surface area contributed by atoms with Crippen LogP contribution in [-0.2, 0) is 5.41 Å². The number of nitrogens with zero attached hydrogens (tertiary/aromatic N) is 1. The van der Waals surface area contributed by atoms with Gasteiger partial charge in [-0.15, -0.1) is 0 Å². The lowest BCUT2D eigenvalue weighted by atomic mass is 9.87. The molecule has 74 valence electrons. The number of H-pyrrole nitrogens is 1. The van der Waals surface area contributed by atoms with Crippen molar-refractivity contribution in [3.8, 4) is 5.75 Å². The van der Waals surface area contributed by atoms with Crippen LogP contribution in [0.4, 0.5) is 0 Å². The minimum absolute atomic E-state index is 0.0127. The van der Waals surface area contributed by atoms with Crippen molar-refractivity contribution in [2.45, 2.75) is 26.2 Å². The summed E-state index contributed by atoms with van der Waals surface area (Å²) in [5.74, 6) is 0.293. The summed E-state index contributed by atoms with van der Waals surface area (Å²) in [6.45, 7) is 6.34. The molecule has 0 spiro atoms. The molecule has 2 N–H and O–H groups in total. The van der Waals surface area contributed by atoms with Crippen molar-refractivity contribution >= 4 is 11.0 Å². The van der Waals surface area contributed by atoms with Crippen LogP contribution in [0, 0.1) is 0 Å². The maximum absolute atomic E-state index is 9.74. The first kappa shape index (κ1) is 9.06. The molecule has 0 atom stereocenters. The molecule has 2 aromatic rings. The van der Waals surface area contributed by atoms with E-state index in [-0.39, 0.29) is 5.41 Å². The van der Waals surface area contributed by atoms with E-state index in [0.717, 1.165) is 16.6 Å². The van der Waals surface area contributed by atoms with E-state index in [9.17, 15) is 5.11 Å². The van der Waals surface area contributed by atoms with Crippen molar-refractivity contribution in [2.75, 3.05) is 0 Å². The first-order chi connectivity index (χ1) is 6.50. The van der Waals surface area contributed by atoms with Gasteiger partial charge in [0.25, 0.3) is 0 Å². The van der Waals surface area contributed by atoms with Gasteiger partial charge in [-0.2, -0.15) is 0 Å². The zero-order chi connectivity index (χ0) is 10.3. The molecule has 0 saturated heterocycles. The highest BCUT2D eigenvalue weighted by molar-refractivity contribution is 5.86. The molecule has 0 fully saturated rings. The topological polar surface area (TPSA) is 48.9 Å². The molecule has 14 heavy (non-hydrogen) atoms. The van der Waals surface area contributed by atoms with Crippen molar-refractivity contribution in [3.05, 3.63) is 24.0 Å². The number of rotatable bonds is 0. The van der Waals surface area contributed by atoms with Crippen molar-refractivity contribution < 1.29 is 5.11 Å². The summed E-state index contributed by atoms with van der Waals surface area (Å²) < 4.78 is 0. The Morgan fingerprint density at radius 1 is 1.36 bits per heavy atom. The summed E-state index contributed by atoms with van der Waals surface area (Å²) >= 11 is 0. The van der Waals surface area contributed by atoms with E-state index < -0.39 is 0 Å². The highest BCUT2D eigenvalue weighted by Gasteiger charge is 2.20. The van der Waals surface area contributed by atoms with Crippen molar-refractivity contribution in [3.63, 3.8) is 0 Å². The fourth-order valence-corrected chi connectivity index (χ4v) is 1.63. The molecule has 0 aromatic carbocycles. The third-order valence-corrected chi connectivity index (χ3v) is 2.36. The van der Waals surface area contributed by atoms with Gasteiger partial charge < -0.3 is 10.1 Å². The van der Waals surface area contributed by atoms with E-state index in [4.69, 9.17) is 0 Å². The summed E-state index contributed by atoms with van der Waals surface area (Å²) in [5, 5.41) is 10.6. The molecule has 3 heteroatoms. The van der Waals surface area contributed by atoms with Crippen LogP contribution in [0.1, 0.15) is 26.3 Å². The third kappa shape index (κ3) is 1.25. The van der Waals surface area contributed by atoms with Crippen LogP contribution in [-0.4, -0.2) is 15.1 Å². The van der Waals surface area contributed by atoms with E-state index in [0.29, 0.717) is 5.75 Å². The number of hydrogen-bond donors (Lipinski definition) is 2. The molecule has 0 radical (unpaired) electrons. The number of hydrogen-bond acceptors (Lipinski definition) is 2. The van der Waals surface area contributed by atoms with Gasteiger partial charge in [0.15, 0.2) is 0 Å². The Kier molecular flexibility index (Phi) is 1.77. The molecule has 0 unspecified atom stereocenters. The lowest BCUT2D eigenvalue weighted by molar-refractivity contribution is 0.479. The monoisotopic (exact) mass is 190 g/mol. The number of aromatic amines is 1. The van der Waals surface area contributed by atoms with Gasteiger partial charge in [0.1, 0.15) is 11.4 Å². The fourth-order valence-electron chi connectivity index (χ4n) is 1.63. The van der Waals surface area contributed by atoms with Gasteiger partial charge >= 0.3 is 0 Å². The smallest absolute Gasteiger partial charge is 0.141 e. The lowest BCUT2D eigenvalue weighted by Crippen LogP contribution is -2.09. The molecular formula is C11H14N2O. The van der Waals surface area contributed by atoms with Gasteiger partial charge in [-0.05, 0) is 17.0 Å². The maximum Gasteiger partial charge on any atom is 0.141 e.